The third kappa shape index (κ3) is 7.36. The van der Waals surface area contributed by atoms with E-state index in [2.05, 4.69) is 51.7 Å². The van der Waals surface area contributed by atoms with Gasteiger partial charge in [0.1, 0.15) is 0 Å². The zero-order chi connectivity index (χ0) is 24.6. The van der Waals surface area contributed by atoms with Crippen LogP contribution in [0.25, 0.3) is 0 Å². The molecule has 5 unspecified atom stereocenters. The van der Waals surface area contributed by atoms with Gasteiger partial charge < -0.3 is 0 Å². The van der Waals surface area contributed by atoms with Crippen molar-refractivity contribution in [2.45, 2.75) is 124 Å². The van der Waals surface area contributed by atoms with Crippen molar-refractivity contribution in [3.63, 3.8) is 0 Å². The van der Waals surface area contributed by atoms with Gasteiger partial charge in [-0.25, -0.2) is 0 Å². The van der Waals surface area contributed by atoms with Crippen LogP contribution in [0.15, 0.2) is 59.3 Å². The zero-order valence-electron chi connectivity index (χ0n) is 23.4. The smallest absolute Gasteiger partial charge is 0.00154 e. The highest BCUT2D eigenvalue weighted by Gasteiger charge is 2.33. The lowest BCUT2D eigenvalue weighted by atomic mass is 9.70. The van der Waals surface area contributed by atoms with Crippen molar-refractivity contribution in [3.8, 4) is 0 Å². The molecule has 0 aromatic rings. The molecule has 0 aliphatic heterocycles. The lowest BCUT2D eigenvalue weighted by Gasteiger charge is -2.35. The molecule has 0 heteroatoms. The molecule has 35 heavy (non-hydrogen) atoms. The maximum atomic E-state index is 3.94. The van der Waals surface area contributed by atoms with Crippen LogP contribution in [0.5, 0.6) is 0 Å². The number of hydrogen-bond acceptors (Lipinski definition) is 0. The van der Waals surface area contributed by atoms with Crippen molar-refractivity contribution < 1.29 is 0 Å². The Balaban J connectivity index is 1.45. The molecular formula is C35H54. The zero-order valence-corrected chi connectivity index (χ0v) is 23.4. The van der Waals surface area contributed by atoms with E-state index in [4.69, 9.17) is 0 Å². The van der Waals surface area contributed by atoms with Crippen LogP contribution in [0.2, 0.25) is 0 Å². The predicted octanol–water partition coefficient (Wildman–Crippen LogP) is 10.9. The third-order valence-corrected chi connectivity index (χ3v) is 10.2. The molecule has 1 fully saturated rings. The normalized spacial score (nSPS) is 30.1. The van der Waals surface area contributed by atoms with E-state index in [0.29, 0.717) is 5.92 Å². The van der Waals surface area contributed by atoms with Crippen molar-refractivity contribution in [3.05, 3.63) is 59.3 Å². The van der Waals surface area contributed by atoms with Gasteiger partial charge in [0.15, 0.2) is 0 Å². The fraction of sp³-hybridized carbons (Fsp3) is 0.714. The van der Waals surface area contributed by atoms with Gasteiger partial charge in [-0.3, -0.25) is 0 Å². The van der Waals surface area contributed by atoms with Gasteiger partial charge >= 0.3 is 0 Å². The second-order valence-corrected chi connectivity index (χ2v) is 12.9. The van der Waals surface area contributed by atoms with Gasteiger partial charge in [0, 0.05) is 5.92 Å². The molecule has 0 amide bonds. The topological polar surface area (TPSA) is 0 Å². The van der Waals surface area contributed by atoms with Gasteiger partial charge in [-0.1, -0.05) is 119 Å². The van der Waals surface area contributed by atoms with E-state index in [-0.39, 0.29) is 0 Å². The first-order valence-corrected chi connectivity index (χ1v) is 15.4. The Morgan fingerprint density at radius 1 is 1.03 bits per heavy atom. The summed E-state index contributed by atoms with van der Waals surface area (Å²) in [5.41, 5.74) is 6.99. The summed E-state index contributed by atoms with van der Waals surface area (Å²) in [5, 5.41) is 0. The number of rotatable bonds is 13. The molecule has 0 heterocycles. The van der Waals surface area contributed by atoms with Gasteiger partial charge in [-0.2, -0.15) is 0 Å². The van der Waals surface area contributed by atoms with Gasteiger partial charge in [-0.05, 0) is 93.5 Å². The minimum atomic E-state index is 0.683. The average molecular weight is 475 g/mol. The lowest BCUT2D eigenvalue weighted by Crippen LogP contribution is -2.22. The molecule has 0 bridgehead atoms. The molecule has 4 aliphatic rings. The fourth-order valence-electron chi connectivity index (χ4n) is 7.77. The summed E-state index contributed by atoms with van der Waals surface area (Å²) in [6.07, 6.45) is 34.0. The minimum Gasteiger partial charge on any atom is -0.0991 e. The van der Waals surface area contributed by atoms with Gasteiger partial charge in [0.2, 0.25) is 0 Å². The van der Waals surface area contributed by atoms with Crippen LogP contribution in [0.4, 0.5) is 0 Å². The van der Waals surface area contributed by atoms with Crippen molar-refractivity contribution >= 4 is 0 Å². The molecule has 0 saturated heterocycles. The predicted molar refractivity (Wildman–Crippen MR) is 154 cm³/mol. The Hall–Kier alpha value is -1.30. The summed E-state index contributed by atoms with van der Waals surface area (Å²) in [7, 11) is 0. The van der Waals surface area contributed by atoms with Crippen LogP contribution in [0.1, 0.15) is 124 Å². The first-order valence-electron chi connectivity index (χ1n) is 15.4. The summed E-state index contributed by atoms with van der Waals surface area (Å²) in [6.45, 7) is 11.4. The Bertz CT molecular complexity index is 813. The van der Waals surface area contributed by atoms with Gasteiger partial charge in [-0.15, -0.1) is 0 Å². The maximum absolute atomic E-state index is 3.94. The van der Waals surface area contributed by atoms with E-state index >= 15 is 0 Å². The Kier molecular flexibility index (Phi) is 10.2. The molecule has 0 N–H and O–H groups in total. The molecule has 0 spiro atoms. The second kappa shape index (κ2) is 13.3. The van der Waals surface area contributed by atoms with Crippen LogP contribution < -0.4 is 0 Å². The van der Waals surface area contributed by atoms with Crippen molar-refractivity contribution in [1.29, 1.82) is 0 Å². The van der Waals surface area contributed by atoms with E-state index in [1.165, 1.54) is 103 Å². The van der Waals surface area contributed by atoms with Crippen LogP contribution in [-0.2, 0) is 0 Å². The van der Waals surface area contributed by atoms with E-state index in [9.17, 15) is 0 Å². The molecule has 0 aromatic heterocycles. The highest BCUT2D eigenvalue weighted by atomic mass is 14.4. The molecule has 0 nitrogen and oxygen atoms in total. The maximum Gasteiger partial charge on any atom is 0.00154 e. The highest BCUT2D eigenvalue weighted by molar-refractivity contribution is 5.39. The Morgan fingerprint density at radius 3 is 2.46 bits per heavy atom. The second-order valence-electron chi connectivity index (χ2n) is 12.9. The van der Waals surface area contributed by atoms with E-state index in [0.717, 1.165) is 29.6 Å². The van der Waals surface area contributed by atoms with Crippen LogP contribution >= 0.6 is 0 Å². The van der Waals surface area contributed by atoms with E-state index in [1.807, 2.05) is 17.2 Å². The summed E-state index contributed by atoms with van der Waals surface area (Å²) < 4.78 is 0. The minimum absolute atomic E-state index is 0.683. The molecule has 4 rings (SSSR count). The lowest BCUT2D eigenvalue weighted by molar-refractivity contribution is 0.269. The molecule has 194 valence electrons. The summed E-state index contributed by atoms with van der Waals surface area (Å²) in [5.74, 6) is 5.20. The van der Waals surface area contributed by atoms with Crippen molar-refractivity contribution in [2.24, 2.45) is 35.5 Å². The highest BCUT2D eigenvalue weighted by Crippen LogP contribution is 2.47. The molecule has 4 aliphatic carbocycles. The first-order chi connectivity index (χ1) is 17.0. The largest absolute Gasteiger partial charge is 0.0991 e. The number of hydrogen-bond donors (Lipinski definition) is 0. The van der Waals surface area contributed by atoms with Crippen molar-refractivity contribution in [1.82, 2.24) is 0 Å². The monoisotopic (exact) mass is 474 g/mol. The summed E-state index contributed by atoms with van der Waals surface area (Å²) >= 11 is 0. The molecule has 1 saturated carbocycles. The quantitative estimate of drug-likeness (QED) is 0.184. The van der Waals surface area contributed by atoms with Crippen LogP contribution in [-0.4, -0.2) is 0 Å². The van der Waals surface area contributed by atoms with Crippen LogP contribution in [0.3, 0.4) is 0 Å². The summed E-state index contributed by atoms with van der Waals surface area (Å²) in [6, 6.07) is 0. The van der Waals surface area contributed by atoms with E-state index in [1.54, 1.807) is 11.1 Å². The average Bonchev–Trinajstić information content (AvgIpc) is 2.89. The summed E-state index contributed by atoms with van der Waals surface area (Å²) in [4.78, 5) is 0. The Morgan fingerprint density at radius 2 is 1.80 bits per heavy atom. The Labute approximate surface area is 218 Å². The molecule has 0 aromatic carbocycles. The number of allylic oxidation sites excluding steroid dienone is 9. The van der Waals surface area contributed by atoms with Gasteiger partial charge in [0.25, 0.3) is 0 Å². The molecule has 0 radical (unpaired) electrons. The molecule has 5 atom stereocenters. The first kappa shape index (κ1) is 26.8. The van der Waals surface area contributed by atoms with Crippen molar-refractivity contribution in [2.75, 3.05) is 0 Å². The fourth-order valence-corrected chi connectivity index (χ4v) is 7.77. The standard InChI is InChI=1S/C35H54/c1-5-6-19-32-21-22-33-25-26(2)24-27(3)35(33)34(28(32)4)23-20-31(17-9-15-29-11-7-12-29)18-10-16-30-13-8-14-30/h5-7,11,19,26-27,29-31,34H,1,8-10,12-18,20-25H2,2-4H3/b19-6-. The molecular weight excluding hydrogens is 420 g/mol. The third-order valence-electron chi connectivity index (χ3n) is 10.2. The van der Waals surface area contributed by atoms with E-state index < -0.39 is 0 Å². The SMILES string of the molecule is C=C/C=C\C1=C(C)C(CCC(CCCC2C=CC2)CCCC2CCC2)C2=C(CC1)CC(C)CC2C. The van der Waals surface area contributed by atoms with Crippen LogP contribution in [0, 0.1) is 35.5 Å². The van der Waals surface area contributed by atoms with Gasteiger partial charge in [0.05, 0.1) is 0 Å².